The zero-order chi connectivity index (χ0) is 44.3. The van der Waals surface area contributed by atoms with Gasteiger partial charge in [0.05, 0.1) is 73.8 Å². The molecule has 2 aromatic carbocycles. The number of nitrogens with one attached hydrogen (secondary N) is 2. The average molecular weight is 865 g/mol. The SMILES string of the molecule is COC1=NCc2cc(CC(=O)N[C@@H]3CN(C)C[C@H]3c3ccccc3C(F)(F)F)ncc21.COC1=NCc2cc(CC(=O)N[C@H]3CN(C)C[C@@H]3c3ccccc3C(F)(F)F)ncc21. The van der Waals surface area contributed by atoms with E-state index in [1.54, 1.807) is 38.7 Å². The molecule has 2 amide bonds. The average Bonchev–Trinajstić information content (AvgIpc) is 4.01. The van der Waals surface area contributed by atoms with Gasteiger partial charge in [0.1, 0.15) is 0 Å². The minimum absolute atomic E-state index is 0.0451. The van der Waals surface area contributed by atoms with Gasteiger partial charge in [-0.1, -0.05) is 36.4 Å². The molecule has 18 heteroatoms. The molecule has 62 heavy (non-hydrogen) atoms. The van der Waals surface area contributed by atoms with Gasteiger partial charge >= 0.3 is 12.4 Å². The van der Waals surface area contributed by atoms with Crippen molar-refractivity contribution in [1.29, 1.82) is 0 Å². The van der Waals surface area contributed by atoms with Crippen molar-refractivity contribution < 1.29 is 45.4 Å². The van der Waals surface area contributed by atoms with E-state index in [0.717, 1.165) is 34.4 Å². The molecule has 2 aromatic heterocycles. The van der Waals surface area contributed by atoms with Crippen LogP contribution in [0.3, 0.4) is 0 Å². The molecule has 0 aliphatic carbocycles. The van der Waals surface area contributed by atoms with Crippen molar-refractivity contribution in [3.05, 3.63) is 129 Å². The number of alkyl halides is 6. The number of hydrogen-bond acceptors (Lipinski definition) is 10. The summed E-state index contributed by atoms with van der Waals surface area (Å²) in [6.07, 6.45) is -5.52. The topological polar surface area (TPSA) is 134 Å². The highest BCUT2D eigenvalue weighted by Crippen LogP contribution is 2.39. The van der Waals surface area contributed by atoms with Gasteiger partial charge in [0, 0.05) is 62.5 Å². The Morgan fingerprint density at radius 3 is 1.40 bits per heavy atom. The van der Waals surface area contributed by atoms with E-state index in [-0.39, 0.29) is 35.8 Å². The Labute approximate surface area is 354 Å². The third kappa shape index (κ3) is 9.91. The number of rotatable bonds is 8. The fraction of sp³-hybridized carbons (Fsp3) is 0.409. The first kappa shape index (κ1) is 44.2. The molecule has 2 saturated heterocycles. The molecule has 4 aromatic rings. The number of benzene rings is 2. The number of hydrogen-bond donors (Lipinski definition) is 2. The van der Waals surface area contributed by atoms with Gasteiger partial charge in [-0.25, -0.2) is 9.98 Å². The summed E-state index contributed by atoms with van der Waals surface area (Å²) in [7, 11) is 6.76. The number of ether oxygens (including phenoxy) is 2. The largest absolute Gasteiger partial charge is 0.481 e. The minimum Gasteiger partial charge on any atom is -0.481 e. The molecule has 8 rings (SSSR count). The van der Waals surface area contributed by atoms with Crippen LogP contribution in [-0.4, -0.2) is 110 Å². The minimum atomic E-state index is -4.44. The van der Waals surface area contributed by atoms with Gasteiger partial charge in [-0.2, -0.15) is 26.3 Å². The second kappa shape index (κ2) is 18.2. The van der Waals surface area contributed by atoms with E-state index >= 15 is 0 Å². The Hall–Kier alpha value is -5.88. The summed E-state index contributed by atoms with van der Waals surface area (Å²) in [5.74, 6) is -0.381. The monoisotopic (exact) mass is 864 g/mol. The van der Waals surface area contributed by atoms with Crippen LogP contribution in [0.1, 0.15) is 67.7 Å². The number of fused-ring (bicyclic) bond motifs is 2. The van der Waals surface area contributed by atoms with E-state index in [1.807, 2.05) is 36.0 Å². The summed E-state index contributed by atoms with van der Waals surface area (Å²) >= 11 is 0. The number of carbonyl (C=O) groups is 2. The first-order valence-electron chi connectivity index (χ1n) is 19.9. The van der Waals surface area contributed by atoms with Gasteiger partial charge < -0.3 is 29.9 Å². The van der Waals surface area contributed by atoms with E-state index in [4.69, 9.17) is 9.47 Å². The molecule has 0 bridgehead atoms. The lowest BCUT2D eigenvalue weighted by molar-refractivity contribution is -0.139. The molecule has 2 N–H and O–H groups in total. The molecule has 0 radical (unpaired) electrons. The quantitative estimate of drug-likeness (QED) is 0.221. The van der Waals surface area contributed by atoms with Crippen molar-refractivity contribution in [3.63, 3.8) is 0 Å². The van der Waals surface area contributed by atoms with Crippen LogP contribution in [0.4, 0.5) is 26.3 Å². The van der Waals surface area contributed by atoms with E-state index in [2.05, 4.69) is 30.6 Å². The molecule has 328 valence electrons. The van der Waals surface area contributed by atoms with Crippen molar-refractivity contribution in [2.75, 3.05) is 54.5 Å². The summed E-state index contributed by atoms with van der Waals surface area (Å²) < 4.78 is 91.4. The van der Waals surface area contributed by atoms with E-state index in [9.17, 15) is 35.9 Å². The molecule has 4 aliphatic rings. The lowest BCUT2D eigenvalue weighted by Crippen LogP contribution is -2.40. The number of amides is 2. The molecule has 4 atom stereocenters. The Morgan fingerprint density at radius 2 is 1.03 bits per heavy atom. The fourth-order valence-electron chi connectivity index (χ4n) is 8.69. The van der Waals surface area contributed by atoms with Crippen LogP contribution in [-0.2, 0) is 57.3 Å². The van der Waals surface area contributed by atoms with Crippen molar-refractivity contribution in [2.24, 2.45) is 9.98 Å². The summed E-state index contributed by atoms with van der Waals surface area (Å²) in [5, 5.41) is 5.86. The molecule has 6 heterocycles. The number of aromatic nitrogens is 2. The number of pyridine rings is 2. The molecule has 0 spiro atoms. The molecule has 2 fully saturated rings. The first-order valence-corrected chi connectivity index (χ1v) is 19.9. The van der Waals surface area contributed by atoms with Crippen molar-refractivity contribution >= 4 is 23.6 Å². The third-order valence-corrected chi connectivity index (χ3v) is 11.4. The second-order valence-corrected chi connectivity index (χ2v) is 15.8. The van der Waals surface area contributed by atoms with Crippen LogP contribution in [0.2, 0.25) is 0 Å². The number of aliphatic imine (C=N–C) groups is 2. The molecule has 0 unspecified atom stereocenters. The first-order chi connectivity index (χ1) is 29.5. The van der Waals surface area contributed by atoms with Crippen LogP contribution < -0.4 is 10.6 Å². The van der Waals surface area contributed by atoms with Crippen LogP contribution in [0.5, 0.6) is 0 Å². The van der Waals surface area contributed by atoms with Crippen molar-refractivity contribution in [2.45, 2.75) is 62.2 Å². The maximum absolute atomic E-state index is 13.5. The van der Waals surface area contributed by atoms with Crippen molar-refractivity contribution in [1.82, 2.24) is 30.4 Å². The number of nitrogens with zero attached hydrogens (tertiary/aromatic N) is 6. The Morgan fingerprint density at radius 1 is 0.645 bits per heavy atom. The Balaban J connectivity index is 0.000000186. The number of carbonyl (C=O) groups excluding carboxylic acids is 2. The number of methoxy groups -OCH3 is 2. The molecule has 12 nitrogen and oxygen atoms in total. The zero-order valence-electron chi connectivity index (χ0n) is 34.5. The maximum Gasteiger partial charge on any atom is 0.416 e. The zero-order valence-corrected chi connectivity index (χ0v) is 34.5. The van der Waals surface area contributed by atoms with Crippen LogP contribution in [0.25, 0.3) is 0 Å². The molecule has 0 saturated carbocycles. The third-order valence-electron chi connectivity index (χ3n) is 11.4. The number of likely N-dealkylation sites (tertiary alicyclic amines) is 2. The second-order valence-electron chi connectivity index (χ2n) is 15.8. The highest BCUT2D eigenvalue weighted by molar-refractivity contribution is 5.98. The highest BCUT2D eigenvalue weighted by atomic mass is 19.4. The number of likely N-dealkylation sites (N-methyl/N-ethyl adjacent to an activating group) is 2. The smallest absolute Gasteiger partial charge is 0.416 e. The summed E-state index contributed by atoms with van der Waals surface area (Å²) in [5.41, 5.74) is 3.80. The van der Waals surface area contributed by atoms with E-state index in [0.29, 0.717) is 62.5 Å². The highest BCUT2D eigenvalue weighted by Gasteiger charge is 2.42. The van der Waals surface area contributed by atoms with Gasteiger partial charge in [-0.3, -0.25) is 19.6 Å². The summed E-state index contributed by atoms with van der Waals surface area (Å²) in [6.45, 7) is 2.77. The standard InChI is InChI=1S/2C22H23F3N4O2/c2*1-29-11-17(15-5-3-4-6-18(15)22(23,24)25)19(12-29)28-20(30)8-14-7-13-9-27-21(31-2)16(13)10-26-14/h2*3-7,10,17,19H,8-9,11-12H2,1-2H3,(H,28,30)/t2*17-,19+/m10/s1. The van der Waals surface area contributed by atoms with Gasteiger partial charge in [-0.15, -0.1) is 0 Å². The van der Waals surface area contributed by atoms with Gasteiger partial charge in [-0.05, 0) is 60.6 Å². The normalized spacial score (nSPS) is 21.0. The molecular weight excluding hydrogens is 819 g/mol. The van der Waals surface area contributed by atoms with Gasteiger partial charge in [0.25, 0.3) is 0 Å². The predicted molar refractivity (Wildman–Crippen MR) is 218 cm³/mol. The maximum atomic E-state index is 13.5. The summed E-state index contributed by atoms with van der Waals surface area (Å²) in [4.78, 5) is 46.4. The van der Waals surface area contributed by atoms with Gasteiger partial charge in [0.2, 0.25) is 23.6 Å². The lowest BCUT2D eigenvalue weighted by atomic mass is 9.90. The fourth-order valence-corrected chi connectivity index (χ4v) is 8.69. The van der Waals surface area contributed by atoms with Crippen LogP contribution in [0, 0.1) is 0 Å². The number of halogens is 6. The van der Waals surface area contributed by atoms with Gasteiger partial charge in [0.15, 0.2) is 0 Å². The molecule has 4 aliphatic heterocycles. The Bertz CT molecular complexity index is 2210. The summed E-state index contributed by atoms with van der Waals surface area (Å²) in [6, 6.07) is 14.0. The van der Waals surface area contributed by atoms with Crippen LogP contribution in [0.15, 0.2) is 83.0 Å². The lowest BCUT2D eigenvalue weighted by Gasteiger charge is -2.23. The predicted octanol–water partition coefficient (Wildman–Crippen LogP) is 5.53. The van der Waals surface area contributed by atoms with E-state index < -0.39 is 47.4 Å². The molecular formula is C44H46F6N8O4. The van der Waals surface area contributed by atoms with E-state index in [1.165, 1.54) is 24.3 Å². The van der Waals surface area contributed by atoms with Crippen molar-refractivity contribution in [3.8, 4) is 0 Å². The Kier molecular flexibility index (Phi) is 13.0. The van der Waals surface area contributed by atoms with Crippen LogP contribution >= 0.6 is 0 Å².